The molecule has 0 aliphatic heterocycles. The van der Waals surface area contributed by atoms with Crippen LogP contribution in [0.15, 0.2) is 11.4 Å². The van der Waals surface area contributed by atoms with E-state index < -0.39 is 5.54 Å². The summed E-state index contributed by atoms with van der Waals surface area (Å²) in [5.41, 5.74) is 6.38. The third-order valence-corrected chi connectivity index (χ3v) is 5.87. The van der Waals surface area contributed by atoms with Gasteiger partial charge in [0.15, 0.2) is 0 Å². The Labute approximate surface area is 124 Å². The predicted molar refractivity (Wildman–Crippen MR) is 82.8 cm³/mol. The van der Waals surface area contributed by atoms with Gasteiger partial charge in [-0.25, -0.2) is 0 Å². The van der Waals surface area contributed by atoms with E-state index in [9.17, 15) is 4.79 Å². The van der Waals surface area contributed by atoms with Crippen molar-refractivity contribution in [2.45, 2.75) is 69.4 Å². The number of nitrogens with one attached hydrogen (secondary N) is 1. The fourth-order valence-corrected chi connectivity index (χ4v) is 4.81. The molecule has 3 nitrogen and oxygen atoms in total. The molecule has 0 aromatic carbocycles. The molecule has 20 heavy (non-hydrogen) atoms. The largest absolute Gasteiger partial charge is 0.368 e. The summed E-state index contributed by atoms with van der Waals surface area (Å²) in [5.74, 6) is -0.193. The average Bonchev–Trinajstić information content (AvgIpc) is 2.78. The van der Waals surface area contributed by atoms with Crippen LogP contribution in [-0.4, -0.2) is 11.9 Å². The monoisotopic (exact) mass is 292 g/mol. The molecule has 0 bridgehead atoms. The van der Waals surface area contributed by atoms with Gasteiger partial charge in [-0.05, 0) is 49.1 Å². The van der Waals surface area contributed by atoms with E-state index in [1.165, 1.54) is 43.4 Å². The molecule has 1 heterocycles. The van der Waals surface area contributed by atoms with Crippen molar-refractivity contribution in [2.75, 3.05) is 0 Å². The minimum atomic E-state index is -0.609. The molecular formula is C16H24N2OS. The maximum atomic E-state index is 12.3. The molecule has 1 unspecified atom stereocenters. The molecule has 0 radical (unpaired) electrons. The molecule has 1 aromatic heterocycles. The van der Waals surface area contributed by atoms with Crippen LogP contribution in [0.4, 0.5) is 0 Å². The van der Waals surface area contributed by atoms with Crippen LogP contribution in [0.5, 0.6) is 0 Å². The van der Waals surface area contributed by atoms with Crippen LogP contribution in [-0.2, 0) is 16.8 Å². The van der Waals surface area contributed by atoms with Crippen LogP contribution in [0.25, 0.3) is 0 Å². The summed E-state index contributed by atoms with van der Waals surface area (Å²) in [5, 5.41) is 5.78. The minimum absolute atomic E-state index is 0.193. The summed E-state index contributed by atoms with van der Waals surface area (Å²) in [6.45, 7) is 0. The lowest BCUT2D eigenvalue weighted by Gasteiger charge is -2.38. The third kappa shape index (κ3) is 2.51. The van der Waals surface area contributed by atoms with E-state index in [2.05, 4.69) is 16.8 Å². The van der Waals surface area contributed by atoms with Crippen LogP contribution in [0, 0.1) is 0 Å². The highest BCUT2D eigenvalue weighted by Crippen LogP contribution is 2.39. The second-order valence-electron chi connectivity index (χ2n) is 6.21. The zero-order chi connectivity index (χ0) is 14.0. The Balaban J connectivity index is 1.88. The van der Waals surface area contributed by atoms with E-state index in [1.54, 1.807) is 11.3 Å². The van der Waals surface area contributed by atoms with Crippen LogP contribution < -0.4 is 11.1 Å². The normalized spacial score (nSPS) is 27.8. The van der Waals surface area contributed by atoms with Gasteiger partial charge in [0.1, 0.15) is 5.54 Å². The molecule has 2 aliphatic rings. The SMILES string of the molecule is NC(=O)C1(NC2CCCCCC2)CCCc2sccc21. The standard InChI is InChI=1S/C16H24N2OS/c17-15(19)16(18-12-6-3-1-2-4-7-12)10-5-8-14-13(16)9-11-20-14/h9,11-12,18H,1-8,10H2,(H2,17,19). The van der Waals surface area contributed by atoms with Crippen molar-refractivity contribution in [1.82, 2.24) is 5.32 Å². The molecule has 1 amide bonds. The minimum Gasteiger partial charge on any atom is -0.368 e. The van der Waals surface area contributed by atoms with Crippen molar-refractivity contribution in [1.29, 1.82) is 0 Å². The third-order valence-electron chi connectivity index (χ3n) is 4.89. The average molecular weight is 292 g/mol. The van der Waals surface area contributed by atoms with Crippen LogP contribution >= 0.6 is 11.3 Å². The van der Waals surface area contributed by atoms with Gasteiger partial charge in [0.05, 0.1) is 0 Å². The molecule has 2 aliphatic carbocycles. The summed E-state index contributed by atoms with van der Waals surface area (Å²) in [4.78, 5) is 13.6. The highest BCUT2D eigenvalue weighted by Gasteiger charge is 2.43. The van der Waals surface area contributed by atoms with Crippen LogP contribution in [0.2, 0.25) is 0 Å². The van der Waals surface area contributed by atoms with Crippen LogP contribution in [0.3, 0.4) is 0 Å². The molecule has 3 rings (SSSR count). The number of thiophene rings is 1. The number of hydrogen-bond acceptors (Lipinski definition) is 3. The van der Waals surface area contributed by atoms with Crippen molar-refractivity contribution in [3.8, 4) is 0 Å². The predicted octanol–water partition coefficient (Wildman–Crippen LogP) is 3.08. The molecule has 1 saturated carbocycles. The highest BCUT2D eigenvalue weighted by atomic mass is 32.1. The topological polar surface area (TPSA) is 55.1 Å². The van der Waals surface area contributed by atoms with Gasteiger partial charge in [0.25, 0.3) is 0 Å². The van der Waals surface area contributed by atoms with Gasteiger partial charge in [0, 0.05) is 10.9 Å². The fraction of sp³-hybridized carbons (Fsp3) is 0.688. The molecule has 0 spiro atoms. The van der Waals surface area contributed by atoms with Crippen molar-refractivity contribution < 1.29 is 4.79 Å². The zero-order valence-corrected chi connectivity index (χ0v) is 12.8. The van der Waals surface area contributed by atoms with E-state index in [1.807, 2.05) is 0 Å². The lowest BCUT2D eigenvalue weighted by atomic mass is 9.78. The first-order valence-corrected chi connectivity index (χ1v) is 8.75. The smallest absolute Gasteiger partial charge is 0.242 e. The lowest BCUT2D eigenvalue weighted by molar-refractivity contribution is -0.125. The Morgan fingerprint density at radius 1 is 1.25 bits per heavy atom. The Kier molecular flexibility index (Phi) is 4.13. The van der Waals surface area contributed by atoms with E-state index in [4.69, 9.17) is 5.73 Å². The maximum Gasteiger partial charge on any atom is 0.242 e. The summed E-state index contributed by atoms with van der Waals surface area (Å²) in [6, 6.07) is 2.55. The van der Waals surface area contributed by atoms with Crippen molar-refractivity contribution in [2.24, 2.45) is 5.73 Å². The Hall–Kier alpha value is -0.870. The number of amides is 1. The van der Waals surface area contributed by atoms with Crippen molar-refractivity contribution in [3.05, 3.63) is 21.9 Å². The lowest BCUT2D eigenvalue weighted by Crippen LogP contribution is -2.57. The number of carbonyl (C=O) groups excluding carboxylic acids is 1. The number of rotatable bonds is 3. The van der Waals surface area contributed by atoms with E-state index >= 15 is 0 Å². The van der Waals surface area contributed by atoms with E-state index in [-0.39, 0.29) is 5.91 Å². The summed E-state index contributed by atoms with van der Waals surface area (Å²) >= 11 is 1.76. The van der Waals surface area contributed by atoms with Crippen molar-refractivity contribution >= 4 is 17.2 Å². The first kappa shape index (κ1) is 14.1. The number of hydrogen-bond donors (Lipinski definition) is 2. The summed E-state index contributed by atoms with van der Waals surface area (Å²) < 4.78 is 0. The molecule has 1 atom stereocenters. The number of nitrogens with two attached hydrogens (primary N) is 1. The van der Waals surface area contributed by atoms with E-state index in [0.717, 1.165) is 24.8 Å². The first-order valence-electron chi connectivity index (χ1n) is 7.87. The molecule has 3 N–H and O–H groups in total. The molecule has 0 saturated heterocycles. The zero-order valence-electron chi connectivity index (χ0n) is 12.0. The highest BCUT2D eigenvalue weighted by molar-refractivity contribution is 7.10. The van der Waals surface area contributed by atoms with Crippen LogP contribution in [0.1, 0.15) is 61.8 Å². The van der Waals surface area contributed by atoms with Gasteiger partial charge in [-0.15, -0.1) is 11.3 Å². The molecule has 4 heteroatoms. The number of fused-ring (bicyclic) bond motifs is 1. The molecular weight excluding hydrogens is 268 g/mol. The van der Waals surface area contributed by atoms with Gasteiger partial charge in [0.2, 0.25) is 5.91 Å². The quantitative estimate of drug-likeness (QED) is 0.841. The van der Waals surface area contributed by atoms with Gasteiger partial charge >= 0.3 is 0 Å². The molecule has 1 aromatic rings. The van der Waals surface area contributed by atoms with Crippen molar-refractivity contribution in [3.63, 3.8) is 0 Å². The van der Waals surface area contributed by atoms with Gasteiger partial charge in [-0.1, -0.05) is 25.7 Å². The number of aryl methyl sites for hydroxylation is 1. The molecule has 110 valence electrons. The number of carbonyl (C=O) groups is 1. The summed E-state index contributed by atoms with van der Waals surface area (Å²) in [7, 11) is 0. The van der Waals surface area contributed by atoms with Gasteiger partial charge < -0.3 is 5.73 Å². The Morgan fingerprint density at radius 3 is 2.70 bits per heavy atom. The second kappa shape index (κ2) is 5.86. The first-order chi connectivity index (χ1) is 9.72. The number of primary amides is 1. The van der Waals surface area contributed by atoms with E-state index in [0.29, 0.717) is 6.04 Å². The second-order valence-corrected chi connectivity index (χ2v) is 7.21. The summed E-state index contributed by atoms with van der Waals surface area (Å²) in [6.07, 6.45) is 10.5. The fourth-order valence-electron chi connectivity index (χ4n) is 3.81. The molecule has 1 fully saturated rings. The van der Waals surface area contributed by atoms with Gasteiger partial charge in [-0.2, -0.15) is 0 Å². The Morgan fingerprint density at radius 2 is 2.00 bits per heavy atom. The Bertz CT molecular complexity index is 477. The maximum absolute atomic E-state index is 12.3. The van der Waals surface area contributed by atoms with Gasteiger partial charge in [-0.3, -0.25) is 10.1 Å².